The van der Waals surface area contributed by atoms with E-state index in [1.54, 1.807) is 23.1 Å². The lowest BCUT2D eigenvalue weighted by atomic mass is 10.2. The van der Waals surface area contributed by atoms with Crippen molar-refractivity contribution in [2.45, 2.75) is 26.3 Å². The zero-order chi connectivity index (χ0) is 18.8. The summed E-state index contributed by atoms with van der Waals surface area (Å²) in [6.45, 7) is 2.60. The summed E-state index contributed by atoms with van der Waals surface area (Å²) in [7, 11) is 0. The molecule has 3 aromatic heterocycles. The number of fused-ring (bicyclic) bond motifs is 1. The Labute approximate surface area is 155 Å². The average Bonchev–Trinajstić information content (AvgIpc) is 3.14. The van der Waals surface area contributed by atoms with E-state index in [9.17, 15) is 9.90 Å². The molecule has 1 aromatic carbocycles. The van der Waals surface area contributed by atoms with Crippen LogP contribution in [0.15, 0.2) is 59.8 Å². The molecule has 0 aliphatic heterocycles. The first kappa shape index (κ1) is 17.0. The van der Waals surface area contributed by atoms with E-state index < -0.39 is 0 Å². The lowest BCUT2D eigenvalue weighted by Gasteiger charge is -2.07. The number of hydrogen-bond acceptors (Lipinski definition) is 5. The second kappa shape index (κ2) is 7.03. The van der Waals surface area contributed by atoms with Gasteiger partial charge in [0, 0.05) is 23.5 Å². The van der Waals surface area contributed by atoms with E-state index in [1.807, 2.05) is 37.3 Å². The molecular formula is C20H19N5O2. The van der Waals surface area contributed by atoms with E-state index in [0.717, 1.165) is 12.0 Å². The fourth-order valence-corrected chi connectivity index (χ4v) is 3.06. The molecule has 1 N–H and O–H groups in total. The molecule has 0 bridgehead atoms. The summed E-state index contributed by atoms with van der Waals surface area (Å²) in [5.74, 6) is -0.0646. The summed E-state index contributed by atoms with van der Waals surface area (Å²) in [6.07, 6.45) is 6.48. The first-order valence-corrected chi connectivity index (χ1v) is 8.83. The van der Waals surface area contributed by atoms with Gasteiger partial charge in [-0.25, -0.2) is 9.67 Å². The van der Waals surface area contributed by atoms with Crippen molar-refractivity contribution < 1.29 is 5.11 Å². The van der Waals surface area contributed by atoms with Crippen molar-refractivity contribution in [1.82, 2.24) is 24.4 Å². The van der Waals surface area contributed by atoms with Crippen LogP contribution in [0.3, 0.4) is 0 Å². The molecule has 0 amide bonds. The predicted octanol–water partition coefficient (Wildman–Crippen LogP) is 2.66. The molecule has 136 valence electrons. The molecule has 0 saturated heterocycles. The molecule has 4 rings (SSSR count). The molecule has 0 aliphatic carbocycles. The molecule has 0 saturated carbocycles. The number of aromatic nitrogens is 5. The summed E-state index contributed by atoms with van der Waals surface area (Å²) in [5.41, 5.74) is 2.99. The van der Waals surface area contributed by atoms with Crippen molar-refractivity contribution in [1.29, 1.82) is 0 Å². The van der Waals surface area contributed by atoms with Gasteiger partial charge in [0.2, 0.25) is 0 Å². The summed E-state index contributed by atoms with van der Waals surface area (Å²) < 4.78 is 3.10. The number of benzene rings is 1. The van der Waals surface area contributed by atoms with E-state index >= 15 is 0 Å². The highest BCUT2D eigenvalue weighted by Gasteiger charge is 2.12. The number of rotatable bonds is 5. The molecule has 7 nitrogen and oxygen atoms in total. The fraction of sp³-hybridized carbons (Fsp3) is 0.200. The molecule has 27 heavy (non-hydrogen) atoms. The minimum Gasteiger partial charge on any atom is -0.504 e. The largest absolute Gasteiger partial charge is 0.504 e. The van der Waals surface area contributed by atoms with Crippen LogP contribution in [0.5, 0.6) is 5.75 Å². The van der Waals surface area contributed by atoms with Crippen molar-refractivity contribution in [3.63, 3.8) is 0 Å². The topological polar surface area (TPSA) is 85.3 Å². The second-order valence-electron chi connectivity index (χ2n) is 6.43. The van der Waals surface area contributed by atoms with Gasteiger partial charge < -0.3 is 5.11 Å². The Morgan fingerprint density at radius 2 is 1.96 bits per heavy atom. The Kier molecular flexibility index (Phi) is 4.42. The number of pyridine rings is 1. The second-order valence-corrected chi connectivity index (χ2v) is 6.43. The van der Waals surface area contributed by atoms with Crippen molar-refractivity contribution in [2.24, 2.45) is 0 Å². The van der Waals surface area contributed by atoms with Crippen LogP contribution in [0.4, 0.5) is 0 Å². The van der Waals surface area contributed by atoms with Crippen LogP contribution in [0.1, 0.15) is 24.5 Å². The van der Waals surface area contributed by atoms with Crippen LogP contribution in [0, 0.1) is 0 Å². The normalized spacial score (nSPS) is 11.1. The first-order chi connectivity index (χ1) is 13.2. The van der Waals surface area contributed by atoms with Gasteiger partial charge in [0.25, 0.3) is 5.56 Å². The summed E-state index contributed by atoms with van der Waals surface area (Å²) in [6, 6.07) is 11.5. The van der Waals surface area contributed by atoms with E-state index in [0.29, 0.717) is 29.8 Å². The molecule has 0 atom stereocenters. The van der Waals surface area contributed by atoms with Gasteiger partial charge in [0.1, 0.15) is 5.69 Å². The molecule has 0 unspecified atom stereocenters. The van der Waals surface area contributed by atoms with Gasteiger partial charge in [-0.2, -0.15) is 0 Å². The van der Waals surface area contributed by atoms with Gasteiger partial charge in [0.05, 0.1) is 12.7 Å². The first-order valence-electron chi connectivity index (χ1n) is 8.83. The molecular weight excluding hydrogens is 342 g/mol. The third kappa shape index (κ3) is 3.31. The number of nitrogens with zero attached hydrogens (tertiary/aromatic N) is 5. The third-order valence-electron chi connectivity index (χ3n) is 4.40. The number of aryl methyl sites for hydroxylation is 1. The highest BCUT2D eigenvalue weighted by molar-refractivity contribution is 5.65. The van der Waals surface area contributed by atoms with E-state index in [2.05, 4.69) is 15.3 Å². The molecule has 4 aromatic rings. The average molecular weight is 361 g/mol. The van der Waals surface area contributed by atoms with Crippen LogP contribution in [0.2, 0.25) is 0 Å². The summed E-state index contributed by atoms with van der Waals surface area (Å²) in [4.78, 5) is 16.9. The molecule has 0 radical (unpaired) electrons. The van der Waals surface area contributed by atoms with Crippen LogP contribution < -0.4 is 5.56 Å². The van der Waals surface area contributed by atoms with Crippen LogP contribution in [0.25, 0.3) is 16.9 Å². The van der Waals surface area contributed by atoms with Gasteiger partial charge >= 0.3 is 0 Å². The highest BCUT2D eigenvalue weighted by Crippen LogP contribution is 2.24. The smallest absolute Gasteiger partial charge is 0.261 e. The maximum atomic E-state index is 12.7. The Bertz CT molecular complexity index is 1150. The zero-order valence-electron chi connectivity index (χ0n) is 14.9. The lowest BCUT2D eigenvalue weighted by Crippen LogP contribution is -2.19. The van der Waals surface area contributed by atoms with Crippen molar-refractivity contribution >= 4 is 5.65 Å². The minimum atomic E-state index is -0.171. The van der Waals surface area contributed by atoms with Gasteiger partial charge in [-0.05, 0) is 18.1 Å². The number of hydrogen-bond donors (Lipinski definition) is 1. The maximum Gasteiger partial charge on any atom is 0.261 e. The van der Waals surface area contributed by atoms with Crippen LogP contribution >= 0.6 is 0 Å². The lowest BCUT2D eigenvalue weighted by molar-refractivity contribution is 0.477. The predicted molar refractivity (Wildman–Crippen MR) is 102 cm³/mol. The van der Waals surface area contributed by atoms with Crippen molar-refractivity contribution in [3.05, 3.63) is 76.5 Å². The molecule has 3 heterocycles. The number of aromatic hydroxyl groups is 1. The van der Waals surface area contributed by atoms with E-state index in [-0.39, 0.29) is 17.0 Å². The SMILES string of the molecule is CCCc1cnc2c(O)cc(-c3cn(Cc4ccccc4)nn3)cn2c1=O. The minimum absolute atomic E-state index is 0.0646. The fourth-order valence-electron chi connectivity index (χ4n) is 3.06. The van der Waals surface area contributed by atoms with Gasteiger partial charge in [-0.1, -0.05) is 48.9 Å². The summed E-state index contributed by atoms with van der Waals surface area (Å²) in [5, 5.41) is 18.7. The zero-order valence-corrected chi connectivity index (χ0v) is 14.9. The van der Waals surface area contributed by atoms with E-state index in [1.165, 1.54) is 10.6 Å². The molecule has 0 aliphatic rings. The highest BCUT2D eigenvalue weighted by atomic mass is 16.3. The monoisotopic (exact) mass is 361 g/mol. The Balaban J connectivity index is 1.73. The summed E-state index contributed by atoms with van der Waals surface area (Å²) >= 11 is 0. The Morgan fingerprint density at radius 1 is 1.15 bits per heavy atom. The van der Waals surface area contributed by atoms with Gasteiger partial charge in [0.15, 0.2) is 11.4 Å². The standard InChI is InChI=1S/C20H19N5O2/c1-2-6-15-10-21-19-18(26)9-16(12-25(19)20(15)27)17-13-24(23-22-17)11-14-7-4-3-5-8-14/h3-5,7-10,12-13,26H,2,6,11H2,1H3. The molecule has 0 spiro atoms. The van der Waals surface area contributed by atoms with Crippen LogP contribution in [-0.4, -0.2) is 29.5 Å². The third-order valence-corrected chi connectivity index (χ3v) is 4.40. The van der Waals surface area contributed by atoms with Crippen LogP contribution in [-0.2, 0) is 13.0 Å². The van der Waals surface area contributed by atoms with Gasteiger partial charge in [-0.15, -0.1) is 5.10 Å². The van der Waals surface area contributed by atoms with Crippen molar-refractivity contribution in [2.75, 3.05) is 0 Å². The van der Waals surface area contributed by atoms with Crippen molar-refractivity contribution in [3.8, 4) is 17.0 Å². The Morgan fingerprint density at radius 3 is 2.74 bits per heavy atom. The van der Waals surface area contributed by atoms with E-state index in [4.69, 9.17) is 0 Å². The van der Waals surface area contributed by atoms with Gasteiger partial charge in [-0.3, -0.25) is 9.20 Å². The molecule has 7 heteroatoms. The molecule has 0 fully saturated rings. The maximum absolute atomic E-state index is 12.7. The Hall–Kier alpha value is -3.48. The quantitative estimate of drug-likeness (QED) is 0.591.